The summed E-state index contributed by atoms with van der Waals surface area (Å²) in [5, 5.41) is 5.45. The number of rotatable bonds is 7. The molecule has 200 valence electrons. The maximum absolute atomic E-state index is 14.0. The minimum atomic E-state index is -0.964. The zero-order chi connectivity index (χ0) is 28.0. The minimum absolute atomic E-state index is 0.0984. The lowest BCUT2D eigenvalue weighted by Crippen LogP contribution is -2.37. The summed E-state index contributed by atoms with van der Waals surface area (Å²) >= 11 is 9.56. The summed E-state index contributed by atoms with van der Waals surface area (Å²) in [6, 6.07) is 15.4. The van der Waals surface area contributed by atoms with Crippen LogP contribution in [0.15, 0.2) is 65.1 Å². The van der Waals surface area contributed by atoms with Crippen molar-refractivity contribution in [1.29, 1.82) is 0 Å². The van der Waals surface area contributed by atoms with Crippen molar-refractivity contribution in [2.24, 2.45) is 5.41 Å². The molecule has 0 radical (unpaired) electrons. The summed E-state index contributed by atoms with van der Waals surface area (Å²) < 4.78 is 20.8. The summed E-state index contributed by atoms with van der Waals surface area (Å²) in [6.45, 7) is 6.32. The van der Waals surface area contributed by atoms with E-state index in [1.165, 1.54) is 43.4 Å². The number of nitrogens with zero attached hydrogens (tertiary/aromatic N) is 1. The van der Waals surface area contributed by atoms with Crippen LogP contribution in [0.5, 0.6) is 11.5 Å². The van der Waals surface area contributed by atoms with Crippen molar-refractivity contribution in [2.75, 3.05) is 18.9 Å². The highest BCUT2D eigenvalue weighted by Crippen LogP contribution is 2.28. The maximum Gasteiger partial charge on any atom is 0.313 e. The molecule has 0 atom stereocenters. The maximum atomic E-state index is 14.0. The van der Waals surface area contributed by atoms with Crippen LogP contribution < -0.4 is 15.4 Å². The van der Waals surface area contributed by atoms with Gasteiger partial charge in [-0.05, 0) is 66.1 Å². The van der Waals surface area contributed by atoms with Crippen molar-refractivity contribution in [3.63, 3.8) is 0 Å². The highest BCUT2D eigenvalue weighted by Gasteiger charge is 2.22. The number of carbonyl (C=O) groups is 3. The lowest BCUT2D eigenvalue weighted by atomic mass is 9.97. The Kier molecular flexibility index (Phi) is 9.51. The first-order valence-corrected chi connectivity index (χ1v) is 12.9. The second kappa shape index (κ2) is 12.4. The molecular formula is C28H28BrClFN3O4. The molecule has 0 saturated carbocycles. The first-order chi connectivity index (χ1) is 17.8. The van der Waals surface area contributed by atoms with E-state index in [1.54, 1.807) is 24.3 Å². The summed E-state index contributed by atoms with van der Waals surface area (Å²) in [4.78, 5) is 39.2. The molecule has 0 aliphatic carbocycles. The van der Waals surface area contributed by atoms with Crippen molar-refractivity contribution in [1.82, 2.24) is 10.2 Å². The molecule has 3 aromatic rings. The molecule has 0 aromatic heterocycles. The van der Waals surface area contributed by atoms with E-state index in [0.717, 1.165) is 9.37 Å². The fraction of sp³-hybridized carbons (Fsp3) is 0.250. The Bertz CT molecular complexity index is 1340. The van der Waals surface area contributed by atoms with Crippen LogP contribution in [0.4, 0.5) is 10.1 Å². The van der Waals surface area contributed by atoms with E-state index in [2.05, 4.69) is 26.6 Å². The van der Waals surface area contributed by atoms with Crippen LogP contribution in [0.25, 0.3) is 0 Å². The second-order valence-corrected chi connectivity index (χ2v) is 11.2. The van der Waals surface area contributed by atoms with Gasteiger partial charge in [0.15, 0.2) is 0 Å². The first-order valence-electron chi connectivity index (χ1n) is 11.7. The SMILES string of the molecule is CN(Cc1cc(F)ccc1Oc1ccc(Br)cc1)C(=O)C(=O)Nc1cc(C(=O)NCC(C)(C)C)ccc1Cl. The van der Waals surface area contributed by atoms with E-state index in [9.17, 15) is 18.8 Å². The summed E-state index contributed by atoms with van der Waals surface area (Å²) in [5.41, 5.74) is 0.657. The van der Waals surface area contributed by atoms with Crippen LogP contribution in [0.1, 0.15) is 36.7 Å². The number of hydrogen-bond acceptors (Lipinski definition) is 4. The van der Waals surface area contributed by atoms with Crippen molar-refractivity contribution in [3.05, 3.63) is 87.1 Å². The van der Waals surface area contributed by atoms with Crippen LogP contribution in [0, 0.1) is 11.2 Å². The normalized spacial score (nSPS) is 11.0. The molecule has 0 spiro atoms. The molecule has 0 unspecified atom stereocenters. The topological polar surface area (TPSA) is 87.7 Å². The van der Waals surface area contributed by atoms with Gasteiger partial charge in [0, 0.05) is 35.7 Å². The molecule has 38 heavy (non-hydrogen) atoms. The Balaban J connectivity index is 1.70. The molecule has 0 bridgehead atoms. The van der Waals surface area contributed by atoms with Crippen LogP contribution in [-0.2, 0) is 16.1 Å². The molecule has 2 N–H and O–H groups in total. The number of benzene rings is 3. The standard InChI is InChI=1S/C28H28BrClFN3O4/c1-28(2,3)16-32-25(35)17-5-11-22(30)23(14-17)33-26(36)27(37)34(4)15-18-13-20(31)8-12-24(18)38-21-9-6-19(29)7-10-21/h5-14H,15-16H2,1-4H3,(H,32,35)(H,33,36). The number of halogens is 3. The van der Waals surface area contributed by atoms with Gasteiger partial charge in [0.1, 0.15) is 17.3 Å². The van der Waals surface area contributed by atoms with Gasteiger partial charge in [-0.1, -0.05) is 48.3 Å². The molecule has 3 rings (SSSR count). The third kappa shape index (κ3) is 8.29. The molecule has 0 fully saturated rings. The third-order valence-electron chi connectivity index (χ3n) is 5.27. The van der Waals surface area contributed by atoms with Gasteiger partial charge in [-0.3, -0.25) is 14.4 Å². The zero-order valence-electron chi connectivity index (χ0n) is 21.4. The van der Waals surface area contributed by atoms with Crippen LogP contribution in [0.3, 0.4) is 0 Å². The Labute approximate surface area is 234 Å². The fourth-order valence-corrected chi connectivity index (χ4v) is 3.72. The summed E-state index contributed by atoms with van der Waals surface area (Å²) in [7, 11) is 1.41. The van der Waals surface area contributed by atoms with Gasteiger partial charge in [-0.25, -0.2) is 4.39 Å². The van der Waals surface area contributed by atoms with Crippen LogP contribution >= 0.6 is 27.5 Å². The summed E-state index contributed by atoms with van der Waals surface area (Å²) in [6.07, 6.45) is 0. The Morgan fingerprint density at radius 1 is 1.03 bits per heavy atom. The van der Waals surface area contributed by atoms with E-state index < -0.39 is 17.6 Å². The quantitative estimate of drug-likeness (QED) is 0.305. The highest BCUT2D eigenvalue weighted by molar-refractivity contribution is 9.10. The molecule has 7 nitrogen and oxygen atoms in total. The molecule has 0 heterocycles. The van der Waals surface area contributed by atoms with Gasteiger partial charge in [0.05, 0.1) is 10.7 Å². The van der Waals surface area contributed by atoms with Crippen molar-refractivity contribution < 1.29 is 23.5 Å². The molecule has 3 amide bonds. The van der Waals surface area contributed by atoms with Gasteiger partial charge >= 0.3 is 11.8 Å². The van der Waals surface area contributed by atoms with E-state index in [-0.39, 0.29) is 34.1 Å². The predicted octanol–water partition coefficient (Wildman–Crippen LogP) is 6.41. The van der Waals surface area contributed by atoms with Gasteiger partial charge in [-0.2, -0.15) is 0 Å². The number of ether oxygens (including phenoxy) is 1. The average molecular weight is 605 g/mol. The van der Waals surface area contributed by atoms with E-state index in [1.807, 2.05) is 20.8 Å². The van der Waals surface area contributed by atoms with E-state index in [4.69, 9.17) is 16.3 Å². The highest BCUT2D eigenvalue weighted by atomic mass is 79.9. The van der Waals surface area contributed by atoms with Crippen LogP contribution in [-0.4, -0.2) is 36.2 Å². The lowest BCUT2D eigenvalue weighted by Gasteiger charge is -2.20. The van der Waals surface area contributed by atoms with Crippen molar-refractivity contribution in [3.8, 4) is 11.5 Å². The lowest BCUT2D eigenvalue weighted by molar-refractivity contribution is -0.142. The number of likely N-dealkylation sites (N-methyl/N-ethyl adjacent to an activating group) is 1. The van der Waals surface area contributed by atoms with Gasteiger partial charge in [-0.15, -0.1) is 0 Å². The second-order valence-electron chi connectivity index (χ2n) is 9.86. The number of hydrogen-bond donors (Lipinski definition) is 2. The monoisotopic (exact) mass is 603 g/mol. The van der Waals surface area contributed by atoms with Crippen molar-refractivity contribution in [2.45, 2.75) is 27.3 Å². The predicted molar refractivity (Wildman–Crippen MR) is 149 cm³/mol. The molecule has 3 aromatic carbocycles. The number of amides is 3. The minimum Gasteiger partial charge on any atom is -0.457 e. The van der Waals surface area contributed by atoms with Gasteiger partial charge in [0.25, 0.3) is 5.91 Å². The molecular weight excluding hydrogens is 577 g/mol. The number of carbonyl (C=O) groups excluding carboxylic acids is 3. The molecule has 10 heteroatoms. The third-order valence-corrected chi connectivity index (χ3v) is 6.13. The fourth-order valence-electron chi connectivity index (χ4n) is 3.29. The molecule has 0 aliphatic rings. The average Bonchev–Trinajstić information content (AvgIpc) is 2.85. The number of nitrogens with one attached hydrogen (secondary N) is 2. The van der Waals surface area contributed by atoms with E-state index >= 15 is 0 Å². The van der Waals surface area contributed by atoms with Gasteiger partial charge in [0.2, 0.25) is 0 Å². The van der Waals surface area contributed by atoms with Crippen molar-refractivity contribution >= 4 is 50.9 Å². The molecule has 0 aliphatic heterocycles. The Morgan fingerprint density at radius 2 is 1.71 bits per heavy atom. The summed E-state index contributed by atoms with van der Waals surface area (Å²) in [5.74, 6) is -1.84. The Morgan fingerprint density at radius 3 is 2.37 bits per heavy atom. The largest absolute Gasteiger partial charge is 0.457 e. The first kappa shape index (κ1) is 29.1. The number of anilines is 1. The smallest absolute Gasteiger partial charge is 0.313 e. The van der Waals surface area contributed by atoms with Gasteiger partial charge < -0.3 is 20.3 Å². The van der Waals surface area contributed by atoms with E-state index in [0.29, 0.717) is 23.6 Å². The Hall–Kier alpha value is -3.43. The molecule has 0 saturated heterocycles. The van der Waals surface area contributed by atoms with Crippen LogP contribution in [0.2, 0.25) is 5.02 Å². The zero-order valence-corrected chi connectivity index (χ0v) is 23.7.